The van der Waals surface area contributed by atoms with E-state index >= 15 is 4.39 Å². The number of aryl methyl sites for hydroxylation is 1. The molecule has 0 unspecified atom stereocenters. The Morgan fingerprint density at radius 2 is 1.79 bits per heavy atom. The molecule has 0 saturated heterocycles. The third-order valence-electron chi connectivity index (χ3n) is 4.81. The summed E-state index contributed by atoms with van der Waals surface area (Å²) in [6.45, 7) is 6.79. The number of hydrogen-bond acceptors (Lipinski definition) is 6. The predicted molar refractivity (Wildman–Crippen MR) is 124 cm³/mol. The van der Waals surface area contributed by atoms with Gasteiger partial charge in [-0.1, -0.05) is 0 Å². The van der Waals surface area contributed by atoms with Crippen LogP contribution in [0, 0.1) is 19.7 Å². The van der Waals surface area contributed by atoms with Gasteiger partial charge in [-0.25, -0.2) is 0 Å². The van der Waals surface area contributed by atoms with Gasteiger partial charge in [-0.05, 0) is 0 Å². The Balaban J connectivity index is 2.13. The number of halogens is 5. The van der Waals surface area contributed by atoms with E-state index in [-0.39, 0.29) is 38.3 Å². The molecule has 2 aromatic carbocycles. The molecule has 0 radical (unpaired) electrons. The standard InChI is InChI=1S/C21H23BrF4N3O3P/c1-10-13(7-6-8-15(10)21(24,25)26)11(2)27-20-14-9-16(32-33(4,5,30)31)17(22)18(23)19(14)28-12(3)29-20/h6-9,11,30-31H,1-5H3,(H,27,28,29)/t11-/m1/s1. The van der Waals surface area contributed by atoms with Gasteiger partial charge in [0, 0.05) is 0 Å². The van der Waals surface area contributed by atoms with Gasteiger partial charge in [0.2, 0.25) is 0 Å². The van der Waals surface area contributed by atoms with Crippen molar-refractivity contribution in [1.29, 1.82) is 0 Å². The number of alkyl halides is 3. The molecule has 3 N–H and O–H groups in total. The van der Waals surface area contributed by atoms with Crippen LogP contribution < -0.4 is 9.84 Å². The van der Waals surface area contributed by atoms with Gasteiger partial charge in [0.05, 0.1) is 0 Å². The molecule has 0 amide bonds. The third-order valence-corrected chi connectivity index (χ3v) is 6.28. The molecule has 0 aliphatic heterocycles. The Morgan fingerprint density at radius 3 is 2.36 bits per heavy atom. The van der Waals surface area contributed by atoms with Gasteiger partial charge in [-0.15, -0.1) is 0 Å². The van der Waals surface area contributed by atoms with E-state index in [4.69, 9.17) is 4.52 Å². The first-order valence-electron chi connectivity index (χ1n) is 9.75. The van der Waals surface area contributed by atoms with Gasteiger partial charge in [0.15, 0.2) is 0 Å². The number of aromatic nitrogens is 2. The van der Waals surface area contributed by atoms with Crippen LogP contribution in [-0.4, -0.2) is 33.1 Å². The van der Waals surface area contributed by atoms with Crippen LogP contribution in [-0.2, 0) is 6.18 Å². The van der Waals surface area contributed by atoms with Crippen molar-refractivity contribution in [3.05, 3.63) is 57.1 Å². The van der Waals surface area contributed by atoms with Crippen LogP contribution in [0.3, 0.4) is 0 Å². The molecule has 1 heterocycles. The second-order valence-electron chi connectivity index (χ2n) is 8.36. The normalized spacial score (nSPS) is 14.6. The van der Waals surface area contributed by atoms with E-state index in [0.29, 0.717) is 5.56 Å². The zero-order valence-corrected chi connectivity index (χ0v) is 20.9. The zero-order valence-electron chi connectivity index (χ0n) is 18.4. The number of nitrogens with one attached hydrogen (secondary N) is 1. The average Bonchev–Trinajstić information content (AvgIpc) is 2.64. The van der Waals surface area contributed by atoms with E-state index in [2.05, 4.69) is 31.2 Å². The maximum absolute atomic E-state index is 15.1. The van der Waals surface area contributed by atoms with Crippen molar-refractivity contribution in [2.24, 2.45) is 0 Å². The Kier molecular flexibility index (Phi) is 6.43. The van der Waals surface area contributed by atoms with Gasteiger partial charge in [0.25, 0.3) is 0 Å². The summed E-state index contributed by atoms with van der Waals surface area (Å²) in [6, 6.07) is 4.62. The first-order valence-corrected chi connectivity index (χ1v) is 13.5. The number of rotatable bonds is 5. The van der Waals surface area contributed by atoms with Gasteiger partial charge < -0.3 is 0 Å². The second-order valence-corrected chi connectivity index (χ2v) is 13.1. The molecule has 1 atom stereocenters. The molecule has 3 rings (SSSR count). The molecule has 6 nitrogen and oxygen atoms in total. The van der Waals surface area contributed by atoms with Crippen LogP contribution in [0.2, 0.25) is 0 Å². The fourth-order valence-corrected chi connectivity index (χ4v) is 4.69. The summed E-state index contributed by atoms with van der Waals surface area (Å²) in [5, 5.41) is 3.20. The third kappa shape index (κ3) is 5.71. The van der Waals surface area contributed by atoms with Crippen LogP contribution in [0.25, 0.3) is 10.9 Å². The number of fused-ring (bicyclic) bond motifs is 1. The van der Waals surface area contributed by atoms with Crippen molar-refractivity contribution < 1.29 is 31.9 Å². The monoisotopic (exact) mass is 551 g/mol. The summed E-state index contributed by atoms with van der Waals surface area (Å²) in [5.74, 6) is -0.598. The molecular weight excluding hydrogens is 529 g/mol. The maximum atomic E-state index is 15.1. The molecule has 3 aromatic rings. The van der Waals surface area contributed by atoms with Crippen molar-refractivity contribution in [1.82, 2.24) is 9.97 Å². The predicted octanol–water partition coefficient (Wildman–Crippen LogP) is 6.26. The van der Waals surface area contributed by atoms with Crippen molar-refractivity contribution in [3.63, 3.8) is 0 Å². The van der Waals surface area contributed by atoms with Crippen LogP contribution in [0.4, 0.5) is 23.4 Å². The van der Waals surface area contributed by atoms with Crippen molar-refractivity contribution in [2.45, 2.75) is 33.0 Å². The first-order chi connectivity index (χ1) is 14.9. The molecule has 12 heteroatoms. The fourth-order valence-electron chi connectivity index (χ4n) is 3.47. The molecular formula is C21H23BrF4N3O3P. The van der Waals surface area contributed by atoms with Crippen molar-refractivity contribution in [3.8, 4) is 5.75 Å². The van der Waals surface area contributed by atoms with E-state index in [0.717, 1.165) is 19.4 Å². The quantitative estimate of drug-likeness (QED) is 0.256. The Morgan fingerprint density at radius 1 is 1.15 bits per heavy atom. The summed E-state index contributed by atoms with van der Waals surface area (Å²) in [4.78, 5) is 28.7. The molecule has 1 aromatic heterocycles. The number of nitrogens with zero attached hydrogens (tertiary/aromatic N) is 2. The van der Waals surface area contributed by atoms with Crippen molar-refractivity contribution in [2.75, 3.05) is 18.6 Å². The number of anilines is 1. The topological polar surface area (TPSA) is 87.5 Å². The number of hydrogen-bond donors (Lipinski definition) is 3. The minimum absolute atomic E-state index is 0.0629. The average molecular weight is 552 g/mol. The van der Waals surface area contributed by atoms with Crippen LogP contribution >= 0.6 is 23.2 Å². The molecule has 0 saturated carbocycles. The Hall–Kier alpha value is -2.07. The van der Waals surface area contributed by atoms with E-state index in [1.54, 1.807) is 19.9 Å². The Labute approximate surface area is 196 Å². The summed E-state index contributed by atoms with van der Waals surface area (Å²) < 4.78 is 60.3. The second kappa shape index (κ2) is 8.30. The van der Waals surface area contributed by atoms with Crippen molar-refractivity contribution >= 4 is 39.9 Å². The van der Waals surface area contributed by atoms with Crippen LogP contribution in [0.15, 0.2) is 28.7 Å². The van der Waals surface area contributed by atoms with Gasteiger partial charge in [-0.3, -0.25) is 0 Å². The fraction of sp³-hybridized carbons (Fsp3) is 0.333. The van der Waals surface area contributed by atoms with Crippen LogP contribution in [0.5, 0.6) is 5.75 Å². The van der Waals surface area contributed by atoms with Gasteiger partial charge in [0.1, 0.15) is 0 Å². The molecule has 0 spiro atoms. The van der Waals surface area contributed by atoms with E-state index in [1.165, 1.54) is 19.1 Å². The molecule has 180 valence electrons. The molecule has 33 heavy (non-hydrogen) atoms. The zero-order chi connectivity index (χ0) is 25.0. The summed E-state index contributed by atoms with van der Waals surface area (Å²) in [7, 11) is -4.52. The molecule has 0 aliphatic rings. The minimum atomic E-state index is -4.52. The van der Waals surface area contributed by atoms with E-state index in [9.17, 15) is 23.0 Å². The van der Waals surface area contributed by atoms with E-state index in [1.807, 2.05) is 0 Å². The summed E-state index contributed by atoms with van der Waals surface area (Å²) >= 11 is 3.06. The SMILES string of the molecule is Cc1nc(N[C@H](C)c2cccc(C(F)(F)F)c2C)c2cc(OP(C)(C)(O)O)c(Br)c(F)c2n1. The summed E-state index contributed by atoms with van der Waals surface area (Å²) in [6.07, 6.45) is -4.50. The molecule has 0 aliphatic carbocycles. The van der Waals surface area contributed by atoms with E-state index < -0.39 is 30.9 Å². The Bertz CT molecular complexity index is 1240. The number of benzene rings is 2. The first kappa shape index (κ1) is 25.6. The van der Waals surface area contributed by atoms with Gasteiger partial charge in [-0.2, -0.15) is 0 Å². The molecule has 0 fully saturated rings. The van der Waals surface area contributed by atoms with Gasteiger partial charge >= 0.3 is 196 Å². The molecule has 0 bridgehead atoms. The summed E-state index contributed by atoms with van der Waals surface area (Å²) in [5.41, 5.74) is -0.360. The van der Waals surface area contributed by atoms with Crippen LogP contribution in [0.1, 0.15) is 35.5 Å².